The molecule has 5 nitrogen and oxygen atoms in total. The van der Waals surface area contributed by atoms with Crippen LogP contribution < -0.4 is 9.47 Å². The summed E-state index contributed by atoms with van der Waals surface area (Å²) in [5, 5.41) is 11.7. The molecule has 110 valence electrons. The van der Waals surface area contributed by atoms with Crippen molar-refractivity contribution in [1.29, 1.82) is 0 Å². The zero-order chi connectivity index (χ0) is 15.4. The Labute approximate surface area is 130 Å². The van der Waals surface area contributed by atoms with Crippen molar-refractivity contribution in [3.8, 4) is 17.2 Å². The van der Waals surface area contributed by atoms with Crippen molar-refractivity contribution in [1.82, 2.24) is 0 Å². The summed E-state index contributed by atoms with van der Waals surface area (Å²) < 4.78 is 10.7. The van der Waals surface area contributed by atoms with Gasteiger partial charge < -0.3 is 9.47 Å². The van der Waals surface area contributed by atoms with Gasteiger partial charge in [-0.2, -0.15) is 0 Å². The number of benzene rings is 2. The quantitative estimate of drug-likeness (QED) is 0.448. The number of hydrogen-bond donors (Lipinski definition) is 0. The van der Waals surface area contributed by atoms with Crippen LogP contribution in [-0.2, 0) is 5.33 Å². The van der Waals surface area contributed by atoms with Crippen molar-refractivity contribution in [2.45, 2.75) is 12.3 Å². The molecule has 0 aliphatic carbocycles. The number of hydrogen-bond acceptors (Lipinski definition) is 4. The lowest BCUT2D eigenvalue weighted by molar-refractivity contribution is -0.385. The molecule has 0 aromatic heterocycles. The molecule has 2 aromatic rings. The van der Waals surface area contributed by atoms with E-state index in [1.165, 1.54) is 19.2 Å². The first-order chi connectivity index (χ1) is 10.0. The monoisotopic (exact) mass is 351 g/mol. The molecule has 0 aliphatic heterocycles. The minimum atomic E-state index is -0.494. The van der Waals surface area contributed by atoms with Gasteiger partial charge in [-0.25, -0.2) is 0 Å². The maximum atomic E-state index is 11.0. The highest BCUT2D eigenvalue weighted by Gasteiger charge is 2.16. The van der Waals surface area contributed by atoms with Gasteiger partial charge in [0.15, 0.2) is 5.75 Å². The summed E-state index contributed by atoms with van der Waals surface area (Å²) in [6, 6.07) is 10.3. The van der Waals surface area contributed by atoms with Crippen molar-refractivity contribution in [3.63, 3.8) is 0 Å². The largest absolute Gasteiger partial charge is 0.490 e. The van der Waals surface area contributed by atoms with Gasteiger partial charge >= 0.3 is 5.69 Å². The second-order valence-corrected chi connectivity index (χ2v) is 5.00. The average molecular weight is 352 g/mol. The summed E-state index contributed by atoms with van der Waals surface area (Å²) in [7, 11) is 1.39. The van der Waals surface area contributed by atoms with Crippen molar-refractivity contribution in [2.75, 3.05) is 7.11 Å². The number of ether oxygens (including phenoxy) is 2. The first-order valence-electron chi connectivity index (χ1n) is 6.21. The Bertz CT molecular complexity index is 673. The van der Waals surface area contributed by atoms with Crippen LogP contribution in [0, 0.1) is 17.0 Å². The van der Waals surface area contributed by atoms with Crippen molar-refractivity contribution >= 4 is 21.6 Å². The van der Waals surface area contributed by atoms with Crippen molar-refractivity contribution < 1.29 is 14.4 Å². The molecule has 0 saturated carbocycles. The lowest BCUT2D eigenvalue weighted by Gasteiger charge is -2.11. The second kappa shape index (κ2) is 6.58. The molecule has 6 heteroatoms. The van der Waals surface area contributed by atoms with Crippen LogP contribution in [0.25, 0.3) is 0 Å². The molecule has 21 heavy (non-hydrogen) atoms. The van der Waals surface area contributed by atoms with E-state index < -0.39 is 4.92 Å². The Balaban J connectivity index is 2.36. The first-order valence-corrected chi connectivity index (χ1v) is 7.33. The summed E-state index contributed by atoms with van der Waals surface area (Å²) in [4.78, 5) is 10.5. The number of aryl methyl sites for hydroxylation is 1. The van der Waals surface area contributed by atoms with Crippen LogP contribution in [0.15, 0.2) is 36.4 Å². The summed E-state index contributed by atoms with van der Waals surface area (Å²) in [5.74, 6) is 1.27. The predicted octanol–water partition coefficient (Wildman–Crippen LogP) is 4.60. The molecule has 0 unspecified atom stereocenters. The number of halogens is 1. The summed E-state index contributed by atoms with van der Waals surface area (Å²) in [5.41, 5.74) is 1.98. The molecule has 0 spiro atoms. The third-order valence-electron chi connectivity index (χ3n) is 2.93. The molecule has 0 amide bonds. The fraction of sp³-hybridized carbons (Fsp3) is 0.200. The number of nitro groups is 1. The lowest BCUT2D eigenvalue weighted by atomic mass is 10.1. The zero-order valence-electron chi connectivity index (χ0n) is 11.6. The van der Waals surface area contributed by atoms with Gasteiger partial charge in [-0.1, -0.05) is 33.6 Å². The van der Waals surface area contributed by atoms with Crippen LogP contribution >= 0.6 is 15.9 Å². The fourth-order valence-corrected chi connectivity index (χ4v) is 2.35. The Morgan fingerprint density at radius 2 is 1.90 bits per heavy atom. The van der Waals surface area contributed by atoms with E-state index in [1.54, 1.807) is 6.07 Å². The topological polar surface area (TPSA) is 61.6 Å². The minimum absolute atomic E-state index is 0.123. The summed E-state index contributed by atoms with van der Waals surface area (Å²) in [6.07, 6.45) is 0. The molecule has 0 N–H and O–H groups in total. The summed E-state index contributed by atoms with van der Waals surface area (Å²) in [6.45, 7) is 1.99. The fourth-order valence-electron chi connectivity index (χ4n) is 1.92. The van der Waals surface area contributed by atoms with Crippen LogP contribution in [0.1, 0.15) is 11.1 Å². The van der Waals surface area contributed by atoms with Gasteiger partial charge in [0.1, 0.15) is 11.5 Å². The molecule has 0 radical (unpaired) electrons. The van der Waals surface area contributed by atoms with Crippen LogP contribution in [-0.4, -0.2) is 12.0 Å². The molecule has 0 bridgehead atoms. The van der Waals surface area contributed by atoms with Crippen LogP contribution in [0.3, 0.4) is 0 Å². The number of nitrogens with zero attached hydrogens (tertiary/aromatic N) is 1. The highest BCUT2D eigenvalue weighted by Crippen LogP contribution is 2.34. The number of methoxy groups -OCH3 is 1. The van der Waals surface area contributed by atoms with Crippen LogP contribution in [0.4, 0.5) is 5.69 Å². The van der Waals surface area contributed by atoms with Gasteiger partial charge in [-0.3, -0.25) is 10.1 Å². The van der Waals surface area contributed by atoms with Crippen LogP contribution in [0.2, 0.25) is 0 Å². The molecular weight excluding hydrogens is 338 g/mol. The Morgan fingerprint density at radius 3 is 2.52 bits per heavy atom. The standard InChI is InChI=1S/C15H14BrNO4/c1-10-3-5-14(11(7-10)9-16)21-12-4-6-15(20-2)13(8-12)17(18)19/h3-8H,9H2,1-2H3. The Morgan fingerprint density at radius 1 is 1.19 bits per heavy atom. The maximum Gasteiger partial charge on any atom is 0.314 e. The first kappa shape index (κ1) is 15.3. The van der Waals surface area contributed by atoms with Gasteiger partial charge in [0.05, 0.1) is 18.1 Å². The Hall–Kier alpha value is -2.08. The van der Waals surface area contributed by atoms with E-state index in [4.69, 9.17) is 9.47 Å². The van der Waals surface area contributed by atoms with Gasteiger partial charge in [-0.05, 0) is 25.1 Å². The van der Waals surface area contributed by atoms with Crippen LogP contribution in [0.5, 0.6) is 17.2 Å². The number of rotatable bonds is 5. The molecule has 2 aromatic carbocycles. The molecule has 0 fully saturated rings. The average Bonchev–Trinajstić information content (AvgIpc) is 2.48. The van der Waals surface area contributed by atoms with E-state index >= 15 is 0 Å². The third-order valence-corrected chi connectivity index (χ3v) is 3.54. The molecule has 0 aliphatic rings. The van der Waals surface area contributed by atoms with E-state index in [9.17, 15) is 10.1 Å². The van der Waals surface area contributed by atoms with E-state index in [0.29, 0.717) is 16.8 Å². The van der Waals surface area contributed by atoms with Crippen molar-refractivity contribution in [3.05, 3.63) is 57.6 Å². The smallest absolute Gasteiger partial charge is 0.314 e. The third kappa shape index (κ3) is 3.52. The van der Waals surface area contributed by atoms with Gasteiger partial charge in [-0.15, -0.1) is 0 Å². The van der Waals surface area contributed by atoms with E-state index in [2.05, 4.69) is 15.9 Å². The normalized spacial score (nSPS) is 10.2. The highest BCUT2D eigenvalue weighted by molar-refractivity contribution is 9.08. The zero-order valence-corrected chi connectivity index (χ0v) is 13.2. The number of nitro benzene ring substituents is 1. The molecule has 0 saturated heterocycles. The number of alkyl halides is 1. The highest BCUT2D eigenvalue weighted by atomic mass is 79.9. The summed E-state index contributed by atoms with van der Waals surface area (Å²) >= 11 is 3.41. The molecular formula is C15H14BrNO4. The van der Waals surface area contributed by atoms with Crippen molar-refractivity contribution in [2.24, 2.45) is 0 Å². The van der Waals surface area contributed by atoms with E-state index in [-0.39, 0.29) is 11.4 Å². The lowest BCUT2D eigenvalue weighted by Crippen LogP contribution is -1.95. The van der Waals surface area contributed by atoms with Gasteiger partial charge in [0.2, 0.25) is 0 Å². The van der Waals surface area contributed by atoms with E-state index in [1.807, 2.05) is 25.1 Å². The molecule has 0 atom stereocenters. The molecule has 2 rings (SSSR count). The SMILES string of the molecule is COc1ccc(Oc2ccc(C)cc2CBr)cc1[N+](=O)[O-]. The molecule has 0 heterocycles. The van der Waals surface area contributed by atoms with Gasteiger partial charge in [0, 0.05) is 10.9 Å². The second-order valence-electron chi connectivity index (χ2n) is 4.44. The maximum absolute atomic E-state index is 11.0. The van der Waals surface area contributed by atoms with E-state index in [0.717, 1.165) is 11.1 Å². The Kier molecular flexibility index (Phi) is 4.80. The predicted molar refractivity (Wildman–Crippen MR) is 83.5 cm³/mol. The minimum Gasteiger partial charge on any atom is -0.490 e. The van der Waals surface area contributed by atoms with Gasteiger partial charge in [0.25, 0.3) is 0 Å².